The topological polar surface area (TPSA) is 65.0 Å². The van der Waals surface area contributed by atoms with Crippen molar-refractivity contribution in [3.8, 4) is 11.5 Å². The summed E-state index contributed by atoms with van der Waals surface area (Å²) in [5, 5.41) is 13.7. The summed E-state index contributed by atoms with van der Waals surface area (Å²) in [6, 6.07) is 4.67. The van der Waals surface area contributed by atoms with E-state index in [0.717, 1.165) is 11.3 Å². The van der Waals surface area contributed by atoms with Gasteiger partial charge in [0.1, 0.15) is 0 Å². The van der Waals surface area contributed by atoms with Gasteiger partial charge in [0.25, 0.3) is 5.91 Å². The second-order valence-corrected chi connectivity index (χ2v) is 6.19. The minimum Gasteiger partial charge on any atom is -0.504 e. The van der Waals surface area contributed by atoms with Gasteiger partial charge in [0.2, 0.25) is 0 Å². The van der Waals surface area contributed by atoms with Crippen LogP contribution < -0.4 is 10.1 Å². The monoisotopic (exact) mass is 349 g/mol. The molecule has 24 heavy (non-hydrogen) atoms. The maximum Gasteiger partial charge on any atom is 0.253 e. The number of nitrogens with zero attached hydrogens (tertiary/aromatic N) is 2. The van der Waals surface area contributed by atoms with Crippen LogP contribution in [0, 0.1) is 0 Å². The molecule has 2 N–H and O–H groups in total. The Morgan fingerprint density at radius 3 is 2.71 bits per heavy atom. The molecule has 2 rings (SSSR count). The number of likely N-dealkylation sites (N-methyl/N-ethyl adjacent to an activating group) is 1. The number of allylic oxidation sites excluding steroid dienone is 1. The van der Waals surface area contributed by atoms with Crippen molar-refractivity contribution in [3.05, 3.63) is 35.0 Å². The van der Waals surface area contributed by atoms with Gasteiger partial charge in [-0.25, -0.2) is 0 Å². The molecule has 0 radical (unpaired) electrons. The van der Waals surface area contributed by atoms with Gasteiger partial charge in [0, 0.05) is 26.8 Å². The van der Waals surface area contributed by atoms with Crippen molar-refractivity contribution < 1.29 is 14.6 Å². The third-order valence-corrected chi connectivity index (χ3v) is 4.40. The molecule has 1 aromatic carbocycles. The van der Waals surface area contributed by atoms with Gasteiger partial charge < -0.3 is 25.0 Å². The highest BCUT2D eigenvalue weighted by atomic mass is 32.1. The Morgan fingerprint density at radius 2 is 2.12 bits per heavy atom. The molecule has 0 saturated carbocycles. The molecule has 0 aliphatic carbocycles. The van der Waals surface area contributed by atoms with Crippen molar-refractivity contribution in [2.75, 3.05) is 27.7 Å². The van der Waals surface area contributed by atoms with Crippen LogP contribution in [0.25, 0.3) is 0 Å². The average Bonchev–Trinajstić information content (AvgIpc) is 2.54. The Labute approximate surface area is 147 Å². The maximum atomic E-state index is 12.7. The highest BCUT2D eigenvalue weighted by molar-refractivity contribution is 7.80. The number of ether oxygens (including phenoxy) is 1. The molecule has 0 saturated heterocycles. The first-order chi connectivity index (χ1) is 11.3. The summed E-state index contributed by atoms with van der Waals surface area (Å²) < 4.78 is 5.45. The van der Waals surface area contributed by atoms with Gasteiger partial charge in [-0.2, -0.15) is 0 Å². The molecule has 0 bridgehead atoms. The Hall–Kier alpha value is -2.28. The number of nitrogens with one attached hydrogen (secondary N) is 1. The number of rotatable bonds is 4. The standard InChI is InChI=1S/C17H23N3O3S/c1-6-23-13-9-11(7-8-12(13)21)15-14(16(22)19(3)4)10(2)20(5)17(24)18-15/h7-9,15,21H,6H2,1-5H3,(H,18,24). The SMILES string of the molecule is CCOc1cc(C2NC(=S)N(C)C(C)=C2C(=O)N(C)C)ccc1O. The van der Waals surface area contributed by atoms with Crippen LogP contribution in [0.1, 0.15) is 25.5 Å². The fourth-order valence-electron chi connectivity index (χ4n) is 2.58. The second kappa shape index (κ2) is 7.09. The van der Waals surface area contributed by atoms with E-state index in [4.69, 9.17) is 17.0 Å². The Kier molecular flexibility index (Phi) is 5.33. The number of benzene rings is 1. The molecule has 1 aliphatic rings. The molecule has 1 amide bonds. The molecule has 0 aromatic heterocycles. The highest BCUT2D eigenvalue weighted by Crippen LogP contribution is 2.35. The molecule has 1 heterocycles. The van der Waals surface area contributed by atoms with Crippen molar-refractivity contribution in [1.29, 1.82) is 0 Å². The van der Waals surface area contributed by atoms with Gasteiger partial charge in [-0.15, -0.1) is 0 Å². The predicted molar refractivity (Wildman–Crippen MR) is 96.9 cm³/mol. The zero-order chi connectivity index (χ0) is 18.0. The van der Waals surface area contributed by atoms with E-state index in [1.54, 1.807) is 42.1 Å². The van der Waals surface area contributed by atoms with Crippen molar-refractivity contribution >= 4 is 23.2 Å². The molecular weight excluding hydrogens is 326 g/mol. The van der Waals surface area contributed by atoms with E-state index in [2.05, 4.69) is 5.32 Å². The first kappa shape index (κ1) is 18.1. The van der Waals surface area contributed by atoms with E-state index in [1.165, 1.54) is 0 Å². The van der Waals surface area contributed by atoms with Crippen LogP contribution in [0.5, 0.6) is 11.5 Å². The zero-order valence-corrected chi connectivity index (χ0v) is 15.4. The minimum absolute atomic E-state index is 0.0669. The number of carbonyl (C=O) groups is 1. The lowest BCUT2D eigenvalue weighted by Crippen LogP contribution is -2.47. The Morgan fingerprint density at radius 1 is 1.46 bits per heavy atom. The second-order valence-electron chi connectivity index (χ2n) is 5.80. The van der Waals surface area contributed by atoms with Crippen LogP contribution in [0.2, 0.25) is 0 Å². The number of phenolic OH excluding ortho intramolecular Hbond substituents is 1. The van der Waals surface area contributed by atoms with E-state index < -0.39 is 6.04 Å². The third kappa shape index (κ3) is 3.31. The summed E-state index contributed by atoms with van der Waals surface area (Å²) in [6.07, 6.45) is 0. The van der Waals surface area contributed by atoms with E-state index in [0.29, 0.717) is 23.0 Å². The molecular formula is C17H23N3O3S. The van der Waals surface area contributed by atoms with Crippen LogP contribution in [-0.2, 0) is 4.79 Å². The van der Waals surface area contributed by atoms with Crippen molar-refractivity contribution in [1.82, 2.24) is 15.1 Å². The molecule has 1 aromatic rings. The number of amides is 1. The lowest BCUT2D eigenvalue weighted by molar-refractivity contribution is -0.125. The zero-order valence-electron chi connectivity index (χ0n) is 14.6. The van der Waals surface area contributed by atoms with Crippen LogP contribution in [0.4, 0.5) is 0 Å². The maximum absolute atomic E-state index is 12.7. The van der Waals surface area contributed by atoms with Gasteiger partial charge in [-0.05, 0) is 43.8 Å². The largest absolute Gasteiger partial charge is 0.504 e. The summed E-state index contributed by atoms with van der Waals surface area (Å²) >= 11 is 5.37. The third-order valence-electron chi connectivity index (χ3n) is 4.01. The molecule has 1 unspecified atom stereocenters. The van der Waals surface area contributed by atoms with Gasteiger partial charge in [0.15, 0.2) is 16.6 Å². The number of hydrogen-bond acceptors (Lipinski definition) is 4. The molecule has 130 valence electrons. The van der Waals surface area contributed by atoms with Crippen LogP contribution in [0.3, 0.4) is 0 Å². The molecule has 7 heteroatoms. The summed E-state index contributed by atoms with van der Waals surface area (Å²) in [7, 11) is 5.26. The van der Waals surface area contributed by atoms with E-state index >= 15 is 0 Å². The number of carbonyl (C=O) groups excluding carboxylic acids is 1. The Bertz CT molecular complexity index is 700. The van der Waals surface area contributed by atoms with Crippen molar-refractivity contribution in [2.24, 2.45) is 0 Å². The number of thiocarbonyl (C=S) groups is 1. The van der Waals surface area contributed by atoms with Crippen molar-refractivity contribution in [3.63, 3.8) is 0 Å². The quantitative estimate of drug-likeness (QED) is 0.811. The average molecular weight is 349 g/mol. The fraction of sp³-hybridized carbons (Fsp3) is 0.412. The normalized spacial score (nSPS) is 17.6. The number of phenols is 1. The predicted octanol–water partition coefficient (Wildman–Crippen LogP) is 2.01. The molecule has 1 atom stereocenters. The smallest absolute Gasteiger partial charge is 0.253 e. The number of hydrogen-bond donors (Lipinski definition) is 2. The number of aromatic hydroxyl groups is 1. The first-order valence-corrected chi connectivity index (χ1v) is 8.11. The van der Waals surface area contributed by atoms with E-state index in [9.17, 15) is 9.90 Å². The van der Waals surface area contributed by atoms with Crippen LogP contribution in [0.15, 0.2) is 29.5 Å². The molecule has 1 aliphatic heterocycles. The molecule has 6 nitrogen and oxygen atoms in total. The minimum atomic E-state index is -0.400. The summed E-state index contributed by atoms with van der Waals surface area (Å²) in [6.45, 7) is 4.16. The Balaban J connectivity index is 2.55. The molecule has 0 fully saturated rings. The van der Waals surface area contributed by atoms with E-state index in [1.807, 2.05) is 20.9 Å². The fourth-order valence-corrected chi connectivity index (χ4v) is 2.84. The van der Waals surface area contributed by atoms with Crippen LogP contribution >= 0.6 is 12.2 Å². The van der Waals surface area contributed by atoms with E-state index in [-0.39, 0.29) is 11.7 Å². The summed E-state index contributed by atoms with van der Waals surface area (Å²) in [4.78, 5) is 16.0. The highest BCUT2D eigenvalue weighted by Gasteiger charge is 2.33. The van der Waals surface area contributed by atoms with Gasteiger partial charge in [0.05, 0.1) is 18.2 Å². The van der Waals surface area contributed by atoms with Gasteiger partial charge >= 0.3 is 0 Å². The lowest BCUT2D eigenvalue weighted by atomic mass is 9.94. The van der Waals surface area contributed by atoms with Crippen LogP contribution in [-0.4, -0.2) is 53.7 Å². The lowest BCUT2D eigenvalue weighted by Gasteiger charge is -2.36. The summed E-state index contributed by atoms with van der Waals surface area (Å²) in [5.41, 5.74) is 2.22. The summed E-state index contributed by atoms with van der Waals surface area (Å²) in [5.74, 6) is 0.360. The first-order valence-electron chi connectivity index (χ1n) is 7.70. The van der Waals surface area contributed by atoms with Gasteiger partial charge in [-0.3, -0.25) is 4.79 Å². The van der Waals surface area contributed by atoms with Crippen molar-refractivity contribution in [2.45, 2.75) is 19.9 Å². The molecule has 0 spiro atoms. The van der Waals surface area contributed by atoms with Gasteiger partial charge in [-0.1, -0.05) is 6.07 Å².